The van der Waals surface area contributed by atoms with Crippen LogP contribution in [0.25, 0.3) is 0 Å². The molecule has 2 heterocycles. The number of hydrogen-bond donors (Lipinski definition) is 1. The lowest BCUT2D eigenvalue weighted by Gasteiger charge is -2.49. The molecule has 11 nitrogen and oxygen atoms in total. The number of hydrogen-bond acceptors (Lipinski definition) is 9. The molecule has 0 bridgehead atoms. The van der Waals surface area contributed by atoms with Crippen molar-refractivity contribution in [3.05, 3.63) is 113 Å². The number of phenolic OH excluding ortho intramolecular Hbond substituents is 1. The van der Waals surface area contributed by atoms with Crippen LogP contribution in [-0.2, 0) is 19.2 Å². The van der Waals surface area contributed by atoms with Gasteiger partial charge >= 0.3 is 0 Å². The number of phenols is 1. The lowest BCUT2D eigenvalue weighted by atomic mass is 9.51. The summed E-state index contributed by atoms with van der Waals surface area (Å²) in [5, 5.41) is 20.1. The van der Waals surface area contributed by atoms with Crippen molar-refractivity contribution >= 4 is 63.7 Å². The number of anilines is 3. The fraction of sp³-hybridized carbons (Fsp3) is 0.302. The summed E-state index contributed by atoms with van der Waals surface area (Å²) in [6.45, 7) is 3.76. The minimum Gasteiger partial charge on any atom is -0.504 e. The lowest BCUT2D eigenvalue weighted by Crippen LogP contribution is -2.48. The Labute approximate surface area is 328 Å². The molecule has 4 amide bonds. The van der Waals surface area contributed by atoms with Gasteiger partial charge in [0.2, 0.25) is 23.6 Å². The molecule has 3 fully saturated rings. The highest BCUT2D eigenvalue weighted by Crippen LogP contribution is 2.65. The van der Waals surface area contributed by atoms with Gasteiger partial charge in [0.05, 0.1) is 57.5 Å². The number of halogens is 2. The second kappa shape index (κ2) is 14.0. The minimum atomic E-state index is -1.43. The summed E-state index contributed by atoms with van der Waals surface area (Å²) in [7, 11) is 3.91. The first kappa shape index (κ1) is 37.1. The molecule has 6 atom stereocenters. The fourth-order valence-electron chi connectivity index (χ4n) is 9.13. The van der Waals surface area contributed by atoms with Crippen molar-refractivity contribution in [3.63, 3.8) is 0 Å². The number of fused-ring (bicyclic) bond motifs is 4. The van der Waals surface area contributed by atoms with E-state index in [2.05, 4.69) is 10.2 Å². The topological polar surface area (TPSA) is 132 Å². The molecule has 0 spiro atoms. The molecule has 13 heteroatoms. The van der Waals surface area contributed by atoms with Crippen molar-refractivity contribution in [1.82, 2.24) is 0 Å². The van der Waals surface area contributed by atoms with E-state index in [9.17, 15) is 28.7 Å². The average molecular weight is 776 g/mol. The number of para-hydroxylation sites is 1. The third kappa shape index (κ3) is 5.77. The maximum absolute atomic E-state index is 14.7. The lowest BCUT2D eigenvalue weighted by molar-refractivity contribution is -0.131. The van der Waals surface area contributed by atoms with Crippen LogP contribution < -0.4 is 19.4 Å². The van der Waals surface area contributed by atoms with Crippen LogP contribution in [0.15, 0.2) is 107 Å². The van der Waals surface area contributed by atoms with Gasteiger partial charge < -0.3 is 14.7 Å². The number of imide groups is 2. The molecule has 0 radical (unpaired) electrons. The number of ether oxygens (including phenoxy) is 1. The zero-order valence-corrected chi connectivity index (χ0v) is 31.9. The third-order valence-electron chi connectivity index (χ3n) is 11.8. The molecule has 8 rings (SSSR count). The van der Waals surface area contributed by atoms with E-state index in [4.69, 9.17) is 16.3 Å². The van der Waals surface area contributed by atoms with Gasteiger partial charge in [0.1, 0.15) is 5.82 Å². The van der Waals surface area contributed by atoms with E-state index >= 15 is 0 Å². The van der Waals surface area contributed by atoms with E-state index in [1.807, 2.05) is 49.3 Å². The number of amides is 4. The van der Waals surface area contributed by atoms with Crippen molar-refractivity contribution < 1.29 is 33.4 Å². The van der Waals surface area contributed by atoms with Crippen molar-refractivity contribution in [3.8, 4) is 11.5 Å². The Kier molecular flexibility index (Phi) is 9.27. The van der Waals surface area contributed by atoms with E-state index in [1.54, 1.807) is 56.3 Å². The highest BCUT2D eigenvalue weighted by molar-refractivity contribution is 6.32. The van der Waals surface area contributed by atoms with Crippen LogP contribution in [0.5, 0.6) is 11.5 Å². The Hall–Kier alpha value is -5.88. The van der Waals surface area contributed by atoms with E-state index in [1.165, 1.54) is 17.0 Å². The summed E-state index contributed by atoms with van der Waals surface area (Å²) >= 11 is 6.12. The summed E-state index contributed by atoms with van der Waals surface area (Å²) in [4.78, 5) is 62.1. The van der Waals surface area contributed by atoms with Gasteiger partial charge in [-0.2, -0.15) is 10.2 Å². The molecule has 56 heavy (non-hydrogen) atoms. The molecule has 4 aromatic carbocycles. The first-order chi connectivity index (χ1) is 26.8. The van der Waals surface area contributed by atoms with E-state index < -0.39 is 58.5 Å². The number of carbonyl (C=O) groups excluding carboxylic acids is 4. The number of carbonyl (C=O) groups is 4. The molecule has 2 aliphatic carbocycles. The predicted molar refractivity (Wildman–Crippen MR) is 209 cm³/mol. The van der Waals surface area contributed by atoms with E-state index in [0.29, 0.717) is 28.2 Å². The largest absolute Gasteiger partial charge is 0.504 e. The molecule has 1 N–H and O–H groups in total. The molecule has 4 aromatic rings. The van der Waals surface area contributed by atoms with E-state index in [0.717, 1.165) is 16.7 Å². The maximum atomic E-state index is 14.7. The number of nitrogens with zero attached hydrogens (tertiary/aromatic N) is 5. The predicted octanol–water partition coefficient (Wildman–Crippen LogP) is 8.50. The zero-order chi connectivity index (χ0) is 39.6. The smallest absolute Gasteiger partial charge is 0.241 e. The molecule has 2 aliphatic heterocycles. The zero-order valence-electron chi connectivity index (χ0n) is 31.1. The molecule has 6 unspecified atom stereocenters. The standard InChI is InChI=1S/C43H39ClFN5O6/c1-5-56-35-8-6-7-30(38(35)51)37-28-18-19-29-36(31(28)22-32-40(53)50(42(55)43(32,37)2)27-17-20-34(45)33(44)21-27)41(54)49(39(29)52)26-15-11-24(12-16-26)47-46-23-9-13-25(14-10-23)48(3)4/h6-18,20-21,29,31-32,36-37,51H,5,19,22H2,1-4H3. The quantitative estimate of drug-likeness (QED) is 0.108. The van der Waals surface area contributed by atoms with Crippen LogP contribution in [0.4, 0.5) is 32.8 Å². The fourth-order valence-corrected chi connectivity index (χ4v) is 9.30. The Morgan fingerprint density at radius 1 is 0.875 bits per heavy atom. The van der Waals surface area contributed by atoms with E-state index in [-0.39, 0.29) is 47.6 Å². The monoisotopic (exact) mass is 775 g/mol. The second-order valence-electron chi connectivity index (χ2n) is 15.0. The first-order valence-electron chi connectivity index (χ1n) is 18.5. The van der Waals surface area contributed by atoms with Gasteiger partial charge in [0, 0.05) is 31.3 Å². The molecular weight excluding hydrogens is 737 g/mol. The van der Waals surface area contributed by atoms with Gasteiger partial charge in [-0.05, 0) is 105 Å². The summed E-state index contributed by atoms with van der Waals surface area (Å²) in [5.41, 5.74) is 2.37. The molecule has 1 saturated carbocycles. The van der Waals surface area contributed by atoms with Gasteiger partial charge in [-0.3, -0.25) is 24.1 Å². The van der Waals surface area contributed by atoms with Crippen molar-refractivity contribution in [2.45, 2.75) is 32.6 Å². The normalized spacial score (nSPS) is 25.7. The highest BCUT2D eigenvalue weighted by atomic mass is 35.5. The van der Waals surface area contributed by atoms with Crippen LogP contribution in [0.3, 0.4) is 0 Å². The maximum Gasteiger partial charge on any atom is 0.241 e. The number of azo groups is 1. The molecular formula is C43H39ClFN5O6. The summed E-state index contributed by atoms with van der Waals surface area (Å²) < 4.78 is 20.0. The highest BCUT2D eigenvalue weighted by Gasteiger charge is 2.68. The number of aromatic hydroxyl groups is 1. The molecule has 4 aliphatic rings. The van der Waals surface area contributed by atoms with Crippen molar-refractivity contribution in [2.75, 3.05) is 35.4 Å². The van der Waals surface area contributed by atoms with Gasteiger partial charge in [0.15, 0.2) is 11.5 Å². The Morgan fingerprint density at radius 2 is 1.54 bits per heavy atom. The molecule has 286 valence electrons. The third-order valence-corrected chi connectivity index (χ3v) is 12.1. The van der Waals surface area contributed by atoms with Gasteiger partial charge in [-0.15, -0.1) is 0 Å². The number of benzene rings is 4. The molecule has 0 aromatic heterocycles. The Bertz CT molecular complexity index is 2350. The average Bonchev–Trinajstić information content (AvgIpc) is 3.56. The van der Waals surface area contributed by atoms with Gasteiger partial charge in [0.25, 0.3) is 0 Å². The number of allylic oxidation sites excluding steroid dienone is 2. The SMILES string of the molecule is CCOc1cccc(C2C3=CCC4C(=O)N(c5ccc(N=Nc6ccc(N(C)C)cc6)cc5)C(=O)C4C3CC3C(=O)N(c4ccc(F)c(Cl)c4)C(=O)C32C)c1O. The summed E-state index contributed by atoms with van der Waals surface area (Å²) in [5.74, 6) is -6.46. The molecule has 2 saturated heterocycles. The van der Waals surface area contributed by atoms with Crippen LogP contribution in [0.2, 0.25) is 5.02 Å². The van der Waals surface area contributed by atoms with Crippen LogP contribution in [0.1, 0.15) is 38.2 Å². The summed E-state index contributed by atoms with van der Waals surface area (Å²) in [6.07, 6.45) is 2.23. The minimum absolute atomic E-state index is 0.101. The van der Waals surface area contributed by atoms with Crippen molar-refractivity contribution in [2.24, 2.45) is 39.3 Å². The first-order valence-corrected chi connectivity index (χ1v) is 18.9. The Morgan fingerprint density at radius 3 is 2.18 bits per heavy atom. The van der Waals surface area contributed by atoms with Crippen LogP contribution in [-0.4, -0.2) is 49.4 Å². The van der Waals surface area contributed by atoms with Gasteiger partial charge in [-0.1, -0.05) is 35.4 Å². The van der Waals surface area contributed by atoms with Crippen LogP contribution in [0, 0.1) is 34.9 Å². The second-order valence-corrected chi connectivity index (χ2v) is 15.4. The number of rotatable bonds is 8. The van der Waals surface area contributed by atoms with Gasteiger partial charge in [-0.25, -0.2) is 9.29 Å². The summed E-state index contributed by atoms with van der Waals surface area (Å²) in [6, 6.07) is 23.0. The van der Waals surface area contributed by atoms with Crippen LogP contribution >= 0.6 is 11.6 Å². The van der Waals surface area contributed by atoms with Crippen molar-refractivity contribution in [1.29, 1.82) is 0 Å². The Balaban J connectivity index is 1.15.